The predicted molar refractivity (Wildman–Crippen MR) is 77.6 cm³/mol. The van der Waals surface area contributed by atoms with Crippen LogP contribution in [-0.4, -0.2) is 18.7 Å². The highest BCUT2D eigenvalue weighted by atomic mass is 16.6. The number of aryl methyl sites for hydroxylation is 1. The van der Waals surface area contributed by atoms with Gasteiger partial charge in [-0.2, -0.15) is 0 Å². The molecule has 4 heteroatoms. The van der Waals surface area contributed by atoms with Crippen LogP contribution in [0.3, 0.4) is 0 Å². The lowest BCUT2D eigenvalue weighted by atomic mass is 9.80. The Labute approximate surface area is 120 Å². The zero-order valence-electron chi connectivity index (χ0n) is 12.6. The van der Waals surface area contributed by atoms with Crippen molar-refractivity contribution >= 4 is 5.97 Å². The summed E-state index contributed by atoms with van der Waals surface area (Å²) in [6, 6.07) is 5.53. The lowest BCUT2D eigenvalue weighted by Gasteiger charge is -2.32. The second-order valence-electron chi connectivity index (χ2n) is 6.27. The van der Waals surface area contributed by atoms with Crippen molar-refractivity contribution in [1.82, 2.24) is 0 Å². The van der Waals surface area contributed by atoms with Crippen LogP contribution in [0.5, 0.6) is 5.75 Å². The highest BCUT2D eigenvalue weighted by molar-refractivity contribution is 5.74. The summed E-state index contributed by atoms with van der Waals surface area (Å²) in [7, 11) is 1.65. The normalized spacial score (nSPS) is 22.1. The van der Waals surface area contributed by atoms with Crippen LogP contribution in [-0.2, 0) is 16.0 Å². The highest BCUT2D eigenvalue weighted by Gasteiger charge is 2.35. The van der Waals surface area contributed by atoms with Crippen LogP contribution in [0.4, 0.5) is 0 Å². The minimum Gasteiger partial charge on any atom is -0.497 e. The van der Waals surface area contributed by atoms with E-state index in [-0.39, 0.29) is 17.9 Å². The number of ether oxygens (including phenoxy) is 2. The van der Waals surface area contributed by atoms with Crippen molar-refractivity contribution in [3.8, 4) is 5.75 Å². The van der Waals surface area contributed by atoms with E-state index in [0.29, 0.717) is 0 Å². The molecule has 2 atom stereocenters. The topological polar surface area (TPSA) is 61.5 Å². The fourth-order valence-corrected chi connectivity index (χ4v) is 2.60. The van der Waals surface area contributed by atoms with E-state index in [0.717, 1.165) is 29.7 Å². The molecule has 1 aromatic carbocycles. The van der Waals surface area contributed by atoms with E-state index in [9.17, 15) is 4.79 Å². The number of esters is 1. The third-order valence-electron chi connectivity index (χ3n) is 3.58. The molecule has 110 valence electrons. The number of methoxy groups -OCH3 is 1. The molecule has 0 saturated heterocycles. The van der Waals surface area contributed by atoms with Crippen molar-refractivity contribution in [2.24, 2.45) is 11.7 Å². The number of carbonyl (C=O) groups is 1. The van der Waals surface area contributed by atoms with Gasteiger partial charge in [-0.25, -0.2) is 0 Å². The maximum absolute atomic E-state index is 12.2. The van der Waals surface area contributed by atoms with Crippen molar-refractivity contribution in [3.63, 3.8) is 0 Å². The van der Waals surface area contributed by atoms with Crippen LogP contribution in [0.15, 0.2) is 18.2 Å². The summed E-state index contributed by atoms with van der Waals surface area (Å²) < 4.78 is 10.7. The van der Waals surface area contributed by atoms with Crippen LogP contribution >= 0.6 is 0 Å². The van der Waals surface area contributed by atoms with Crippen molar-refractivity contribution in [2.75, 3.05) is 7.11 Å². The average molecular weight is 277 g/mol. The van der Waals surface area contributed by atoms with Gasteiger partial charge < -0.3 is 15.2 Å². The van der Waals surface area contributed by atoms with Crippen LogP contribution in [0.2, 0.25) is 0 Å². The van der Waals surface area contributed by atoms with Crippen molar-refractivity contribution in [3.05, 3.63) is 29.3 Å². The summed E-state index contributed by atoms with van der Waals surface area (Å²) in [5.41, 5.74) is 7.97. The summed E-state index contributed by atoms with van der Waals surface area (Å²) in [5.74, 6) is 0.355. The number of carbonyl (C=O) groups excluding carboxylic acids is 1. The molecule has 1 aliphatic carbocycles. The Morgan fingerprint density at radius 3 is 2.65 bits per heavy atom. The van der Waals surface area contributed by atoms with Gasteiger partial charge >= 0.3 is 5.97 Å². The number of benzene rings is 1. The molecule has 0 heterocycles. The molecule has 4 nitrogen and oxygen atoms in total. The lowest BCUT2D eigenvalue weighted by molar-refractivity contribution is -0.161. The lowest BCUT2D eigenvalue weighted by Crippen LogP contribution is -2.37. The summed E-state index contributed by atoms with van der Waals surface area (Å²) in [6.07, 6.45) is 1.54. The minimum atomic E-state index is -0.475. The second-order valence-corrected chi connectivity index (χ2v) is 6.27. The van der Waals surface area contributed by atoms with Gasteiger partial charge in [0.1, 0.15) is 11.4 Å². The standard InChI is InChI=1S/C16H23NO3/c1-16(2,3)20-15(18)13-7-5-10-9-11(19-4)6-8-12(10)14(13)17/h6,8-9,13-14H,5,7,17H2,1-4H3/t13-,14+/m0/s1. The Balaban J connectivity index is 2.19. The Bertz CT molecular complexity index is 505. The van der Waals surface area contributed by atoms with E-state index in [1.54, 1.807) is 7.11 Å². The maximum Gasteiger partial charge on any atom is 0.311 e. The van der Waals surface area contributed by atoms with Gasteiger partial charge in [-0.3, -0.25) is 4.79 Å². The molecule has 0 amide bonds. The number of nitrogens with two attached hydrogens (primary N) is 1. The summed E-state index contributed by atoms with van der Waals surface area (Å²) in [5, 5.41) is 0. The summed E-state index contributed by atoms with van der Waals surface area (Å²) in [6.45, 7) is 5.62. The molecule has 20 heavy (non-hydrogen) atoms. The van der Waals surface area contributed by atoms with Crippen LogP contribution in [0, 0.1) is 5.92 Å². The Hall–Kier alpha value is -1.55. The van der Waals surface area contributed by atoms with Crippen LogP contribution < -0.4 is 10.5 Å². The molecular formula is C16H23NO3. The third-order valence-corrected chi connectivity index (χ3v) is 3.58. The van der Waals surface area contributed by atoms with E-state index in [1.807, 2.05) is 39.0 Å². The fraction of sp³-hybridized carbons (Fsp3) is 0.562. The number of fused-ring (bicyclic) bond motifs is 1. The minimum absolute atomic E-state index is 0.202. The molecule has 0 saturated carbocycles. The molecule has 0 radical (unpaired) electrons. The van der Waals surface area contributed by atoms with Gasteiger partial charge in [0.15, 0.2) is 0 Å². The predicted octanol–water partition coefficient (Wildman–Crippen LogP) is 2.60. The largest absolute Gasteiger partial charge is 0.497 e. The molecule has 2 rings (SSSR count). The fourth-order valence-electron chi connectivity index (χ4n) is 2.60. The van der Waals surface area contributed by atoms with Crippen molar-refractivity contribution in [1.29, 1.82) is 0 Å². The quantitative estimate of drug-likeness (QED) is 0.844. The smallest absolute Gasteiger partial charge is 0.311 e. The molecule has 0 bridgehead atoms. The summed E-state index contributed by atoms with van der Waals surface area (Å²) in [4.78, 5) is 12.2. The SMILES string of the molecule is COc1ccc2c(c1)CC[C@H](C(=O)OC(C)(C)C)[C@@H]2N. The Morgan fingerprint density at radius 1 is 1.35 bits per heavy atom. The zero-order chi connectivity index (χ0) is 14.9. The number of hydrogen-bond donors (Lipinski definition) is 1. The van der Waals surface area contributed by atoms with E-state index < -0.39 is 5.60 Å². The number of rotatable bonds is 2. The number of hydrogen-bond acceptors (Lipinski definition) is 4. The first kappa shape index (κ1) is 14.9. The van der Waals surface area contributed by atoms with Gasteiger partial charge in [0.05, 0.1) is 13.0 Å². The van der Waals surface area contributed by atoms with Gasteiger partial charge in [-0.05, 0) is 56.9 Å². The first-order valence-corrected chi connectivity index (χ1v) is 6.97. The second kappa shape index (κ2) is 5.44. The first-order valence-electron chi connectivity index (χ1n) is 6.97. The van der Waals surface area contributed by atoms with E-state index in [4.69, 9.17) is 15.2 Å². The van der Waals surface area contributed by atoms with Gasteiger partial charge in [0.25, 0.3) is 0 Å². The van der Waals surface area contributed by atoms with Gasteiger partial charge in [-0.1, -0.05) is 6.07 Å². The Morgan fingerprint density at radius 2 is 2.05 bits per heavy atom. The molecule has 1 aliphatic rings. The average Bonchev–Trinajstić information content (AvgIpc) is 2.36. The molecule has 1 aromatic rings. The Kier molecular flexibility index (Phi) is 4.04. The van der Waals surface area contributed by atoms with Crippen LogP contribution in [0.25, 0.3) is 0 Å². The molecule has 0 aliphatic heterocycles. The molecule has 0 spiro atoms. The van der Waals surface area contributed by atoms with Crippen molar-refractivity contribution in [2.45, 2.75) is 45.3 Å². The van der Waals surface area contributed by atoms with Gasteiger partial charge in [0, 0.05) is 6.04 Å². The molecule has 2 N–H and O–H groups in total. The highest BCUT2D eigenvalue weighted by Crippen LogP contribution is 2.35. The van der Waals surface area contributed by atoms with E-state index in [1.165, 1.54) is 0 Å². The first-order chi connectivity index (χ1) is 9.31. The third kappa shape index (κ3) is 3.12. The maximum atomic E-state index is 12.2. The monoisotopic (exact) mass is 277 g/mol. The van der Waals surface area contributed by atoms with Crippen molar-refractivity contribution < 1.29 is 14.3 Å². The molecule has 0 fully saturated rings. The van der Waals surface area contributed by atoms with Gasteiger partial charge in [-0.15, -0.1) is 0 Å². The summed E-state index contributed by atoms with van der Waals surface area (Å²) >= 11 is 0. The van der Waals surface area contributed by atoms with Crippen LogP contribution in [0.1, 0.15) is 44.4 Å². The molecule has 0 unspecified atom stereocenters. The van der Waals surface area contributed by atoms with E-state index in [2.05, 4.69) is 0 Å². The van der Waals surface area contributed by atoms with E-state index >= 15 is 0 Å². The molecular weight excluding hydrogens is 254 g/mol. The molecule has 0 aromatic heterocycles. The zero-order valence-corrected chi connectivity index (χ0v) is 12.6. The van der Waals surface area contributed by atoms with Gasteiger partial charge in [0.2, 0.25) is 0 Å².